The number of hydrogen-bond donors (Lipinski definition) is 0. The van der Waals surface area contributed by atoms with E-state index in [4.69, 9.17) is 0 Å². The minimum atomic E-state index is 0.509. The second-order valence-corrected chi connectivity index (χ2v) is 6.30. The van der Waals surface area contributed by atoms with E-state index in [9.17, 15) is 0 Å². The summed E-state index contributed by atoms with van der Waals surface area (Å²) >= 11 is 4.97. The smallest absolute Gasteiger partial charge is 0.00469 e. The van der Waals surface area contributed by atoms with Crippen LogP contribution in [-0.2, 0) is 0 Å². The zero-order valence-electron chi connectivity index (χ0n) is 7.88. The molecule has 0 atom stereocenters. The molecule has 11 heavy (non-hydrogen) atoms. The van der Waals surface area contributed by atoms with E-state index >= 15 is 0 Å². The highest BCUT2D eigenvalue weighted by Crippen LogP contribution is 2.36. The van der Waals surface area contributed by atoms with Crippen molar-refractivity contribution in [1.29, 1.82) is 0 Å². The average molecular weight is 380 g/mol. The summed E-state index contributed by atoms with van der Waals surface area (Å²) in [4.78, 5) is 0. The fourth-order valence-corrected chi connectivity index (χ4v) is 1.93. The number of halogens is 2. The second-order valence-electron chi connectivity index (χ2n) is 4.77. The number of rotatable bonds is 4. The van der Waals surface area contributed by atoms with Gasteiger partial charge in [0, 0.05) is 8.86 Å². The van der Waals surface area contributed by atoms with Crippen LogP contribution in [0.4, 0.5) is 0 Å². The van der Waals surface area contributed by atoms with Gasteiger partial charge < -0.3 is 0 Å². The molecule has 0 saturated carbocycles. The Bertz CT molecular complexity index is 103. The van der Waals surface area contributed by atoms with E-state index in [2.05, 4.69) is 72.9 Å². The molecule has 0 rings (SSSR count). The van der Waals surface area contributed by atoms with Crippen molar-refractivity contribution in [2.45, 2.75) is 34.1 Å². The Balaban J connectivity index is 4.02. The average Bonchev–Trinajstić information content (AvgIpc) is 1.86. The Morgan fingerprint density at radius 1 is 0.818 bits per heavy atom. The van der Waals surface area contributed by atoms with Crippen LogP contribution in [0, 0.1) is 10.8 Å². The SMILES string of the molecule is CC(C)(CI)CC(C)(C)CI. The zero-order chi connectivity index (χ0) is 9.12. The van der Waals surface area contributed by atoms with Crippen LogP contribution >= 0.6 is 45.2 Å². The highest BCUT2D eigenvalue weighted by Gasteiger charge is 2.26. The first-order chi connectivity index (χ1) is 4.83. The molecule has 0 aromatic carbocycles. The standard InChI is InChI=1S/C9H18I2/c1-8(2,6-10)5-9(3,4)7-11/h5-7H2,1-4H3. The van der Waals surface area contributed by atoms with Gasteiger partial charge in [-0.25, -0.2) is 0 Å². The highest BCUT2D eigenvalue weighted by molar-refractivity contribution is 14.1. The van der Waals surface area contributed by atoms with E-state index in [1.54, 1.807) is 0 Å². The highest BCUT2D eigenvalue weighted by atomic mass is 127. The van der Waals surface area contributed by atoms with Crippen molar-refractivity contribution in [1.82, 2.24) is 0 Å². The van der Waals surface area contributed by atoms with Gasteiger partial charge in [0.05, 0.1) is 0 Å². The van der Waals surface area contributed by atoms with Crippen molar-refractivity contribution in [3.8, 4) is 0 Å². The first-order valence-corrected chi connectivity index (χ1v) is 7.00. The Labute approximate surface area is 98.2 Å². The van der Waals surface area contributed by atoms with Gasteiger partial charge in [-0.2, -0.15) is 0 Å². The third-order valence-corrected chi connectivity index (χ3v) is 5.81. The summed E-state index contributed by atoms with van der Waals surface area (Å²) in [6.07, 6.45) is 1.33. The van der Waals surface area contributed by atoms with Crippen LogP contribution in [0.2, 0.25) is 0 Å². The molecule has 0 N–H and O–H groups in total. The molecule has 2 heteroatoms. The Morgan fingerprint density at radius 3 is 1.27 bits per heavy atom. The molecule has 68 valence electrons. The Kier molecular flexibility index (Phi) is 5.24. The fourth-order valence-electron chi connectivity index (χ4n) is 1.39. The molecule has 0 radical (unpaired) electrons. The lowest BCUT2D eigenvalue weighted by atomic mass is 9.78. The van der Waals surface area contributed by atoms with E-state index in [0.29, 0.717) is 10.8 Å². The van der Waals surface area contributed by atoms with Crippen molar-refractivity contribution in [2.75, 3.05) is 8.86 Å². The van der Waals surface area contributed by atoms with Crippen molar-refractivity contribution in [3.05, 3.63) is 0 Å². The molecule has 0 amide bonds. The molecular weight excluding hydrogens is 362 g/mol. The molecule has 0 bridgehead atoms. The van der Waals surface area contributed by atoms with Gasteiger partial charge >= 0.3 is 0 Å². The molecule has 0 nitrogen and oxygen atoms in total. The molecule has 0 aliphatic rings. The van der Waals surface area contributed by atoms with Gasteiger partial charge in [0.1, 0.15) is 0 Å². The summed E-state index contributed by atoms with van der Waals surface area (Å²) in [6.45, 7) is 9.42. The lowest BCUT2D eigenvalue weighted by Gasteiger charge is -2.32. The van der Waals surface area contributed by atoms with Gasteiger partial charge in [-0.3, -0.25) is 0 Å². The molecule has 0 aromatic heterocycles. The maximum Gasteiger partial charge on any atom is 0.00469 e. The van der Waals surface area contributed by atoms with Crippen LogP contribution in [0.1, 0.15) is 34.1 Å². The third-order valence-electron chi connectivity index (χ3n) is 1.68. The summed E-state index contributed by atoms with van der Waals surface area (Å²) in [5.74, 6) is 0. The van der Waals surface area contributed by atoms with E-state index in [1.807, 2.05) is 0 Å². The molecule has 0 saturated heterocycles. The van der Waals surface area contributed by atoms with Crippen molar-refractivity contribution in [2.24, 2.45) is 10.8 Å². The molecule has 0 heterocycles. The van der Waals surface area contributed by atoms with Gasteiger partial charge in [0.2, 0.25) is 0 Å². The fraction of sp³-hybridized carbons (Fsp3) is 1.00. The normalized spacial score (nSPS) is 13.6. The summed E-state index contributed by atoms with van der Waals surface area (Å²) in [5.41, 5.74) is 1.02. The van der Waals surface area contributed by atoms with Crippen LogP contribution in [0.15, 0.2) is 0 Å². The molecule has 0 spiro atoms. The van der Waals surface area contributed by atoms with Gasteiger partial charge in [0.15, 0.2) is 0 Å². The largest absolute Gasteiger partial charge is 0.0858 e. The maximum absolute atomic E-state index is 2.48. The first-order valence-electron chi connectivity index (χ1n) is 3.95. The Hall–Kier alpha value is 1.46. The van der Waals surface area contributed by atoms with E-state index in [0.717, 1.165) is 0 Å². The van der Waals surface area contributed by atoms with Crippen LogP contribution in [0.3, 0.4) is 0 Å². The Morgan fingerprint density at radius 2 is 1.09 bits per heavy atom. The molecule has 0 fully saturated rings. The van der Waals surface area contributed by atoms with Crippen LogP contribution in [-0.4, -0.2) is 8.86 Å². The van der Waals surface area contributed by atoms with Crippen molar-refractivity contribution < 1.29 is 0 Å². The second kappa shape index (κ2) is 4.63. The van der Waals surface area contributed by atoms with E-state index in [1.165, 1.54) is 15.3 Å². The van der Waals surface area contributed by atoms with Crippen LogP contribution < -0.4 is 0 Å². The minimum Gasteiger partial charge on any atom is -0.0858 e. The molecule has 0 aliphatic heterocycles. The lowest BCUT2D eigenvalue weighted by molar-refractivity contribution is 0.250. The maximum atomic E-state index is 2.48. The molecule has 0 aromatic rings. The summed E-state index contributed by atoms with van der Waals surface area (Å²) < 4.78 is 2.51. The molecule has 0 unspecified atom stereocenters. The lowest BCUT2D eigenvalue weighted by Crippen LogP contribution is -2.25. The number of hydrogen-bond acceptors (Lipinski definition) is 0. The molecular formula is C9H18I2. The van der Waals surface area contributed by atoms with Gasteiger partial charge in [0.25, 0.3) is 0 Å². The van der Waals surface area contributed by atoms with Gasteiger partial charge in [-0.1, -0.05) is 72.9 Å². The predicted molar refractivity (Wildman–Crippen MR) is 70.0 cm³/mol. The topological polar surface area (TPSA) is 0 Å². The number of alkyl halides is 2. The minimum absolute atomic E-state index is 0.509. The van der Waals surface area contributed by atoms with Crippen LogP contribution in [0.5, 0.6) is 0 Å². The quantitative estimate of drug-likeness (QED) is 0.504. The van der Waals surface area contributed by atoms with E-state index in [-0.39, 0.29) is 0 Å². The summed E-state index contributed by atoms with van der Waals surface area (Å²) in [6, 6.07) is 0. The van der Waals surface area contributed by atoms with Crippen molar-refractivity contribution in [3.63, 3.8) is 0 Å². The van der Waals surface area contributed by atoms with Gasteiger partial charge in [-0.05, 0) is 17.3 Å². The summed E-state index contributed by atoms with van der Waals surface area (Å²) in [7, 11) is 0. The summed E-state index contributed by atoms with van der Waals surface area (Å²) in [5, 5.41) is 0. The predicted octanol–water partition coefficient (Wildman–Crippen LogP) is 4.30. The third kappa shape index (κ3) is 5.66. The zero-order valence-corrected chi connectivity index (χ0v) is 12.2. The van der Waals surface area contributed by atoms with Gasteiger partial charge in [-0.15, -0.1) is 0 Å². The van der Waals surface area contributed by atoms with E-state index < -0.39 is 0 Å². The monoisotopic (exact) mass is 380 g/mol. The first kappa shape index (κ1) is 12.5. The van der Waals surface area contributed by atoms with Crippen molar-refractivity contribution >= 4 is 45.2 Å². The van der Waals surface area contributed by atoms with Crippen LogP contribution in [0.25, 0.3) is 0 Å². The molecule has 0 aliphatic carbocycles.